The lowest BCUT2D eigenvalue weighted by Gasteiger charge is -2.18. The predicted octanol–water partition coefficient (Wildman–Crippen LogP) is 5.50. The van der Waals surface area contributed by atoms with E-state index >= 15 is 0 Å². The molecule has 3 rings (SSSR count). The zero-order valence-corrected chi connectivity index (χ0v) is 15.7. The molecule has 0 saturated heterocycles. The van der Waals surface area contributed by atoms with Crippen LogP contribution in [0.1, 0.15) is 23.1 Å². The van der Waals surface area contributed by atoms with Crippen LogP contribution in [0.15, 0.2) is 66.7 Å². The van der Waals surface area contributed by atoms with E-state index in [2.05, 4.69) is 80.6 Å². The molecular formula is C24H27NO. The van der Waals surface area contributed by atoms with Gasteiger partial charge in [0.2, 0.25) is 0 Å². The Morgan fingerprint density at radius 1 is 0.731 bits per heavy atom. The molecule has 2 heteroatoms. The lowest BCUT2D eigenvalue weighted by Crippen LogP contribution is -2.05. The van der Waals surface area contributed by atoms with Crippen molar-refractivity contribution >= 4 is 0 Å². The number of benzene rings is 3. The van der Waals surface area contributed by atoms with Gasteiger partial charge in [-0.05, 0) is 65.8 Å². The van der Waals surface area contributed by atoms with Crippen molar-refractivity contribution in [1.29, 1.82) is 0 Å². The number of ether oxygens (including phenoxy) is 1. The van der Waals surface area contributed by atoms with E-state index in [9.17, 15) is 0 Å². The predicted molar refractivity (Wildman–Crippen MR) is 110 cm³/mol. The summed E-state index contributed by atoms with van der Waals surface area (Å²) in [6.45, 7) is 6.29. The maximum atomic E-state index is 5.90. The second kappa shape index (κ2) is 8.79. The van der Waals surface area contributed by atoms with Crippen LogP contribution in [0.3, 0.4) is 0 Å². The molecule has 0 fully saturated rings. The highest BCUT2D eigenvalue weighted by Gasteiger charge is 2.15. The number of rotatable bonds is 7. The van der Waals surface area contributed by atoms with Crippen LogP contribution in [0, 0.1) is 13.8 Å². The fraction of sp³-hybridized carbons (Fsp3) is 0.250. The highest BCUT2D eigenvalue weighted by atomic mass is 16.5. The van der Waals surface area contributed by atoms with E-state index in [1.165, 1.54) is 38.9 Å². The number of nitrogens with two attached hydrogens (primary N) is 1. The molecule has 0 spiro atoms. The fourth-order valence-corrected chi connectivity index (χ4v) is 3.36. The van der Waals surface area contributed by atoms with E-state index < -0.39 is 0 Å². The first kappa shape index (κ1) is 18.4. The average Bonchev–Trinajstić information content (AvgIpc) is 2.66. The number of hydrogen-bond acceptors (Lipinski definition) is 2. The molecule has 0 aliphatic carbocycles. The van der Waals surface area contributed by atoms with Crippen molar-refractivity contribution in [3.63, 3.8) is 0 Å². The van der Waals surface area contributed by atoms with Crippen LogP contribution in [0.25, 0.3) is 22.3 Å². The van der Waals surface area contributed by atoms with Gasteiger partial charge in [0.25, 0.3) is 0 Å². The van der Waals surface area contributed by atoms with Crippen LogP contribution in [0.5, 0.6) is 0 Å². The van der Waals surface area contributed by atoms with Crippen molar-refractivity contribution in [3.05, 3.63) is 83.4 Å². The topological polar surface area (TPSA) is 35.2 Å². The van der Waals surface area contributed by atoms with E-state index in [1.807, 2.05) is 0 Å². The maximum absolute atomic E-state index is 5.90. The third kappa shape index (κ3) is 4.04. The maximum Gasteiger partial charge on any atom is 0.0723 e. The van der Waals surface area contributed by atoms with Crippen LogP contribution in [0.4, 0.5) is 0 Å². The van der Waals surface area contributed by atoms with Gasteiger partial charge in [0, 0.05) is 6.61 Å². The molecule has 0 radical (unpaired) electrons. The summed E-state index contributed by atoms with van der Waals surface area (Å²) in [5, 5.41) is 0. The van der Waals surface area contributed by atoms with Gasteiger partial charge in [-0.25, -0.2) is 0 Å². The molecule has 0 aliphatic heterocycles. The Kier molecular flexibility index (Phi) is 6.21. The summed E-state index contributed by atoms with van der Waals surface area (Å²) in [7, 11) is 0. The van der Waals surface area contributed by atoms with E-state index in [0.717, 1.165) is 6.42 Å². The first-order valence-corrected chi connectivity index (χ1v) is 9.24. The highest BCUT2D eigenvalue weighted by Crippen LogP contribution is 2.38. The molecule has 0 heterocycles. The smallest absolute Gasteiger partial charge is 0.0723 e. The van der Waals surface area contributed by atoms with Crippen LogP contribution in [0.2, 0.25) is 0 Å². The van der Waals surface area contributed by atoms with Gasteiger partial charge in [-0.1, -0.05) is 66.7 Å². The number of aryl methyl sites for hydroxylation is 2. The van der Waals surface area contributed by atoms with Gasteiger partial charge in [-0.2, -0.15) is 0 Å². The Bertz CT molecular complexity index is 870. The molecular weight excluding hydrogens is 318 g/mol. The lowest BCUT2D eigenvalue weighted by molar-refractivity contribution is 0.120. The molecule has 3 aromatic carbocycles. The van der Waals surface area contributed by atoms with Crippen molar-refractivity contribution in [1.82, 2.24) is 0 Å². The van der Waals surface area contributed by atoms with E-state index in [-0.39, 0.29) is 0 Å². The summed E-state index contributed by atoms with van der Waals surface area (Å²) in [4.78, 5) is 0. The SMILES string of the molecule is Cc1ccccc1-c1cccc(COCCCN)c1-c1ccccc1C. The molecule has 134 valence electrons. The van der Waals surface area contributed by atoms with Gasteiger partial charge in [-0.3, -0.25) is 0 Å². The monoisotopic (exact) mass is 345 g/mol. The van der Waals surface area contributed by atoms with Gasteiger partial charge in [0.1, 0.15) is 0 Å². The second-order valence-electron chi connectivity index (χ2n) is 6.66. The Hall–Kier alpha value is -2.42. The van der Waals surface area contributed by atoms with E-state index in [1.54, 1.807) is 0 Å². The molecule has 0 saturated carbocycles. The van der Waals surface area contributed by atoms with Crippen molar-refractivity contribution in [3.8, 4) is 22.3 Å². The highest BCUT2D eigenvalue weighted by molar-refractivity contribution is 5.88. The molecule has 3 aromatic rings. The quantitative estimate of drug-likeness (QED) is 0.574. The van der Waals surface area contributed by atoms with Gasteiger partial charge in [0.15, 0.2) is 0 Å². The molecule has 0 bridgehead atoms. The van der Waals surface area contributed by atoms with Crippen LogP contribution in [-0.4, -0.2) is 13.2 Å². The van der Waals surface area contributed by atoms with Gasteiger partial charge in [0.05, 0.1) is 6.61 Å². The molecule has 2 nitrogen and oxygen atoms in total. The molecule has 0 amide bonds. The molecule has 0 aromatic heterocycles. The lowest BCUT2D eigenvalue weighted by atomic mass is 9.87. The summed E-state index contributed by atoms with van der Waals surface area (Å²) >= 11 is 0. The van der Waals surface area contributed by atoms with Crippen molar-refractivity contribution < 1.29 is 4.74 Å². The Morgan fingerprint density at radius 2 is 1.35 bits per heavy atom. The van der Waals surface area contributed by atoms with Gasteiger partial charge in [-0.15, -0.1) is 0 Å². The minimum atomic E-state index is 0.601. The first-order chi connectivity index (χ1) is 12.7. The van der Waals surface area contributed by atoms with E-state index in [4.69, 9.17) is 10.5 Å². The Balaban J connectivity index is 2.13. The van der Waals surface area contributed by atoms with Crippen molar-refractivity contribution in [2.75, 3.05) is 13.2 Å². The summed E-state index contributed by atoms with van der Waals surface area (Å²) in [5.41, 5.74) is 14.4. The van der Waals surface area contributed by atoms with Gasteiger partial charge >= 0.3 is 0 Å². The molecule has 2 N–H and O–H groups in total. The van der Waals surface area contributed by atoms with Crippen molar-refractivity contribution in [2.24, 2.45) is 5.73 Å². The Morgan fingerprint density at radius 3 is 2.00 bits per heavy atom. The summed E-state index contributed by atoms with van der Waals surface area (Å²) in [5.74, 6) is 0. The van der Waals surface area contributed by atoms with Crippen LogP contribution in [-0.2, 0) is 11.3 Å². The molecule has 0 unspecified atom stereocenters. The standard InChI is InChI=1S/C24H27NO/c1-18-9-3-5-12-21(18)23-14-7-11-20(17-26-16-8-15-25)24(23)22-13-6-4-10-19(22)2/h3-7,9-14H,8,15-17,25H2,1-2H3. The zero-order valence-electron chi connectivity index (χ0n) is 15.7. The van der Waals surface area contributed by atoms with Crippen LogP contribution >= 0.6 is 0 Å². The number of hydrogen-bond donors (Lipinski definition) is 1. The average molecular weight is 345 g/mol. The molecule has 26 heavy (non-hydrogen) atoms. The zero-order chi connectivity index (χ0) is 18.4. The third-order valence-corrected chi connectivity index (χ3v) is 4.75. The largest absolute Gasteiger partial charge is 0.377 e. The summed E-state index contributed by atoms with van der Waals surface area (Å²) in [6, 6.07) is 23.7. The normalized spacial score (nSPS) is 10.9. The second-order valence-corrected chi connectivity index (χ2v) is 6.66. The minimum Gasteiger partial charge on any atom is -0.377 e. The molecule has 0 atom stereocenters. The fourth-order valence-electron chi connectivity index (χ4n) is 3.36. The Labute approximate surface area is 156 Å². The summed E-state index contributed by atoms with van der Waals surface area (Å²) in [6.07, 6.45) is 0.886. The van der Waals surface area contributed by atoms with Gasteiger partial charge < -0.3 is 10.5 Å². The summed E-state index contributed by atoms with van der Waals surface area (Å²) < 4.78 is 5.90. The van der Waals surface area contributed by atoms with E-state index in [0.29, 0.717) is 19.8 Å². The third-order valence-electron chi connectivity index (χ3n) is 4.75. The van der Waals surface area contributed by atoms with Crippen molar-refractivity contribution in [2.45, 2.75) is 26.9 Å². The minimum absolute atomic E-state index is 0.601. The van der Waals surface area contributed by atoms with Crippen LogP contribution < -0.4 is 5.73 Å². The first-order valence-electron chi connectivity index (χ1n) is 9.24. The molecule has 0 aliphatic rings.